The number of benzene rings is 2. The Kier molecular flexibility index (Phi) is 5.77. The van der Waals surface area contributed by atoms with Gasteiger partial charge in [-0.25, -0.2) is 0 Å². The summed E-state index contributed by atoms with van der Waals surface area (Å²) in [4.78, 5) is 2.33. The molecule has 0 aliphatic heterocycles. The third kappa shape index (κ3) is 4.75. The van der Waals surface area contributed by atoms with Gasteiger partial charge in [-0.1, -0.05) is 52.3 Å². The predicted molar refractivity (Wildman–Crippen MR) is 88.5 cm³/mol. The third-order valence-electron chi connectivity index (χ3n) is 3.20. The molecule has 3 heteroatoms. The fourth-order valence-corrected chi connectivity index (χ4v) is 2.73. The summed E-state index contributed by atoms with van der Waals surface area (Å²) in [5.41, 5.74) is 4.00. The molecule has 0 aliphatic carbocycles. The topological polar surface area (TPSA) is 15.3 Å². The minimum absolute atomic E-state index is 0.925. The lowest BCUT2D eigenvalue weighted by Crippen LogP contribution is -2.17. The molecule has 0 fully saturated rings. The summed E-state index contributed by atoms with van der Waals surface area (Å²) in [6.07, 6.45) is 0. The van der Waals surface area contributed by atoms with Gasteiger partial charge in [0.25, 0.3) is 0 Å². The van der Waals surface area contributed by atoms with Crippen LogP contribution in [0.4, 0.5) is 0 Å². The van der Waals surface area contributed by atoms with Crippen LogP contribution in [-0.2, 0) is 19.6 Å². The van der Waals surface area contributed by atoms with Crippen LogP contribution in [0.1, 0.15) is 16.7 Å². The molecular formula is C17H21BrN2. The van der Waals surface area contributed by atoms with Crippen molar-refractivity contribution < 1.29 is 0 Å². The predicted octanol–water partition coefficient (Wildman–Crippen LogP) is 3.80. The molecule has 0 saturated carbocycles. The van der Waals surface area contributed by atoms with E-state index in [0.29, 0.717) is 0 Å². The van der Waals surface area contributed by atoms with Gasteiger partial charge in [-0.15, -0.1) is 0 Å². The van der Waals surface area contributed by atoms with Crippen molar-refractivity contribution in [2.75, 3.05) is 14.1 Å². The van der Waals surface area contributed by atoms with Crippen molar-refractivity contribution in [2.45, 2.75) is 19.6 Å². The molecule has 1 N–H and O–H groups in total. The summed E-state index contributed by atoms with van der Waals surface area (Å²) < 4.78 is 1.14. The Morgan fingerprint density at radius 1 is 0.950 bits per heavy atom. The van der Waals surface area contributed by atoms with E-state index in [1.165, 1.54) is 16.7 Å². The zero-order valence-electron chi connectivity index (χ0n) is 12.1. The van der Waals surface area contributed by atoms with Gasteiger partial charge in [0.15, 0.2) is 0 Å². The van der Waals surface area contributed by atoms with Crippen molar-refractivity contribution >= 4 is 15.9 Å². The van der Waals surface area contributed by atoms with Crippen LogP contribution in [0.3, 0.4) is 0 Å². The first-order valence-electron chi connectivity index (χ1n) is 6.83. The number of halogens is 1. The largest absolute Gasteiger partial charge is 0.316 e. The standard InChI is InChI=1S/C17H21BrN2/c1-19-11-14-6-8-15(9-7-14)12-20(2)13-16-4-3-5-17(18)10-16/h3-10,19H,11-13H2,1-2H3. The highest BCUT2D eigenvalue weighted by Crippen LogP contribution is 2.14. The highest BCUT2D eigenvalue weighted by molar-refractivity contribution is 9.10. The fraction of sp³-hybridized carbons (Fsp3) is 0.294. The lowest BCUT2D eigenvalue weighted by Gasteiger charge is -2.17. The number of nitrogens with zero attached hydrogens (tertiary/aromatic N) is 1. The minimum Gasteiger partial charge on any atom is -0.316 e. The van der Waals surface area contributed by atoms with Crippen molar-refractivity contribution in [1.29, 1.82) is 0 Å². The molecule has 2 aromatic carbocycles. The van der Waals surface area contributed by atoms with Crippen LogP contribution in [0.2, 0.25) is 0 Å². The van der Waals surface area contributed by atoms with Gasteiger partial charge in [-0.3, -0.25) is 4.90 Å². The average molecular weight is 333 g/mol. The Hall–Kier alpha value is -1.16. The van der Waals surface area contributed by atoms with Crippen LogP contribution in [-0.4, -0.2) is 19.0 Å². The number of nitrogens with one attached hydrogen (secondary N) is 1. The van der Waals surface area contributed by atoms with Crippen LogP contribution in [0, 0.1) is 0 Å². The minimum atomic E-state index is 0.925. The summed E-state index contributed by atoms with van der Waals surface area (Å²) in [5.74, 6) is 0. The van der Waals surface area contributed by atoms with Gasteiger partial charge in [-0.2, -0.15) is 0 Å². The van der Waals surface area contributed by atoms with E-state index in [-0.39, 0.29) is 0 Å². The number of hydrogen-bond donors (Lipinski definition) is 1. The van der Waals surface area contributed by atoms with E-state index in [0.717, 1.165) is 24.1 Å². The summed E-state index contributed by atoms with van der Waals surface area (Å²) in [6.45, 7) is 2.85. The molecule has 0 radical (unpaired) electrons. The van der Waals surface area contributed by atoms with E-state index in [1.807, 2.05) is 7.05 Å². The van der Waals surface area contributed by atoms with Gasteiger partial charge < -0.3 is 5.32 Å². The van der Waals surface area contributed by atoms with Crippen LogP contribution < -0.4 is 5.32 Å². The number of rotatable bonds is 6. The van der Waals surface area contributed by atoms with Gasteiger partial charge in [0.05, 0.1) is 0 Å². The Morgan fingerprint density at radius 2 is 1.60 bits per heavy atom. The monoisotopic (exact) mass is 332 g/mol. The average Bonchev–Trinajstić information content (AvgIpc) is 2.41. The third-order valence-corrected chi connectivity index (χ3v) is 3.69. The van der Waals surface area contributed by atoms with Gasteiger partial charge in [0.2, 0.25) is 0 Å². The van der Waals surface area contributed by atoms with Crippen molar-refractivity contribution in [3.05, 3.63) is 69.7 Å². The molecule has 0 bridgehead atoms. The first-order chi connectivity index (χ1) is 9.67. The fourth-order valence-electron chi connectivity index (χ4n) is 2.28. The normalized spacial score (nSPS) is 11.0. The molecular weight excluding hydrogens is 312 g/mol. The molecule has 0 spiro atoms. The van der Waals surface area contributed by atoms with Crippen LogP contribution in [0.15, 0.2) is 53.0 Å². The molecule has 0 aromatic heterocycles. The van der Waals surface area contributed by atoms with Gasteiger partial charge >= 0.3 is 0 Å². The highest BCUT2D eigenvalue weighted by Gasteiger charge is 2.02. The van der Waals surface area contributed by atoms with E-state index in [4.69, 9.17) is 0 Å². The van der Waals surface area contributed by atoms with Gasteiger partial charge in [-0.05, 0) is 42.9 Å². The second-order valence-electron chi connectivity index (χ2n) is 5.15. The summed E-state index contributed by atoms with van der Waals surface area (Å²) in [7, 11) is 4.13. The van der Waals surface area contributed by atoms with Gasteiger partial charge in [0.1, 0.15) is 0 Å². The Morgan fingerprint density at radius 3 is 2.25 bits per heavy atom. The van der Waals surface area contributed by atoms with Crippen molar-refractivity contribution in [2.24, 2.45) is 0 Å². The van der Waals surface area contributed by atoms with E-state index in [2.05, 4.69) is 81.7 Å². The van der Waals surface area contributed by atoms with E-state index in [9.17, 15) is 0 Å². The quantitative estimate of drug-likeness (QED) is 0.865. The maximum atomic E-state index is 3.52. The second-order valence-corrected chi connectivity index (χ2v) is 6.06. The molecule has 0 heterocycles. The van der Waals surface area contributed by atoms with Crippen molar-refractivity contribution in [1.82, 2.24) is 10.2 Å². The Labute approximate surface area is 129 Å². The Bertz CT molecular complexity index is 537. The van der Waals surface area contributed by atoms with Crippen molar-refractivity contribution in [3.8, 4) is 0 Å². The zero-order chi connectivity index (χ0) is 14.4. The van der Waals surface area contributed by atoms with E-state index < -0.39 is 0 Å². The van der Waals surface area contributed by atoms with Crippen molar-refractivity contribution in [3.63, 3.8) is 0 Å². The summed E-state index contributed by atoms with van der Waals surface area (Å²) in [5, 5.41) is 3.17. The lowest BCUT2D eigenvalue weighted by atomic mass is 10.1. The molecule has 0 atom stereocenters. The molecule has 2 rings (SSSR count). The summed E-state index contributed by atoms with van der Waals surface area (Å²) in [6, 6.07) is 17.3. The molecule has 106 valence electrons. The van der Waals surface area contributed by atoms with Crippen LogP contribution in [0.5, 0.6) is 0 Å². The maximum Gasteiger partial charge on any atom is 0.0234 e. The van der Waals surface area contributed by atoms with E-state index >= 15 is 0 Å². The zero-order valence-corrected chi connectivity index (χ0v) is 13.7. The molecule has 20 heavy (non-hydrogen) atoms. The van der Waals surface area contributed by atoms with Gasteiger partial charge in [0, 0.05) is 24.1 Å². The molecule has 0 saturated heterocycles. The van der Waals surface area contributed by atoms with Crippen LogP contribution >= 0.6 is 15.9 Å². The summed E-state index contributed by atoms with van der Waals surface area (Å²) >= 11 is 3.52. The Balaban J connectivity index is 1.92. The van der Waals surface area contributed by atoms with E-state index in [1.54, 1.807) is 0 Å². The van der Waals surface area contributed by atoms with Crippen LogP contribution in [0.25, 0.3) is 0 Å². The number of hydrogen-bond acceptors (Lipinski definition) is 2. The maximum absolute atomic E-state index is 3.52. The first kappa shape index (κ1) is 15.2. The molecule has 2 aromatic rings. The first-order valence-corrected chi connectivity index (χ1v) is 7.62. The molecule has 2 nitrogen and oxygen atoms in total. The lowest BCUT2D eigenvalue weighted by molar-refractivity contribution is 0.319. The second kappa shape index (κ2) is 7.58. The smallest absolute Gasteiger partial charge is 0.0234 e. The molecule has 0 amide bonds. The molecule has 0 aliphatic rings. The molecule has 0 unspecified atom stereocenters. The highest BCUT2D eigenvalue weighted by atomic mass is 79.9. The SMILES string of the molecule is CNCc1ccc(CN(C)Cc2cccc(Br)c2)cc1.